The maximum Gasteiger partial charge on any atom is 0.311 e. The van der Waals surface area contributed by atoms with E-state index in [0.717, 1.165) is 38.5 Å². The molecule has 0 radical (unpaired) electrons. The van der Waals surface area contributed by atoms with Crippen molar-refractivity contribution in [1.82, 2.24) is 0 Å². The van der Waals surface area contributed by atoms with Gasteiger partial charge in [0.1, 0.15) is 0 Å². The van der Waals surface area contributed by atoms with Crippen molar-refractivity contribution >= 4 is 20.3 Å². The zero-order valence-electron chi connectivity index (χ0n) is 20.4. The van der Waals surface area contributed by atoms with Gasteiger partial charge in [0.15, 0.2) is 8.32 Å². The Morgan fingerprint density at radius 2 is 1.77 bits per heavy atom. The number of hydrogen-bond acceptors (Lipinski definition) is 5. The van der Waals surface area contributed by atoms with Crippen LogP contribution >= 0.6 is 0 Å². The maximum absolute atomic E-state index is 13.4. The summed E-state index contributed by atoms with van der Waals surface area (Å²) in [4.78, 5) is 26.6. The summed E-state index contributed by atoms with van der Waals surface area (Å²) >= 11 is 0. The van der Waals surface area contributed by atoms with E-state index in [2.05, 4.69) is 33.1 Å². The van der Waals surface area contributed by atoms with E-state index in [1.165, 1.54) is 19.8 Å². The van der Waals surface area contributed by atoms with Crippen molar-refractivity contribution in [3.63, 3.8) is 0 Å². The van der Waals surface area contributed by atoms with Crippen LogP contribution in [0, 0.1) is 39.9 Å². The van der Waals surface area contributed by atoms with Gasteiger partial charge in [0, 0.05) is 5.92 Å². The first-order valence-electron chi connectivity index (χ1n) is 11.9. The number of carbonyl (C=O) groups excluding carboxylic acids is 2. The van der Waals surface area contributed by atoms with Crippen molar-refractivity contribution in [2.75, 3.05) is 14.2 Å². The number of ether oxygens (including phenoxy) is 2. The lowest BCUT2D eigenvalue weighted by Gasteiger charge is -2.51. The second-order valence-electron chi connectivity index (χ2n) is 12.2. The van der Waals surface area contributed by atoms with Crippen molar-refractivity contribution in [1.29, 1.82) is 0 Å². The molecule has 2 unspecified atom stereocenters. The fourth-order valence-corrected chi connectivity index (χ4v) is 9.91. The van der Waals surface area contributed by atoms with E-state index in [9.17, 15) is 9.59 Å². The molecular formula is C25H40O5Si. The van der Waals surface area contributed by atoms with Crippen LogP contribution in [0.25, 0.3) is 0 Å². The Hall–Kier alpha value is -1.14. The molecule has 5 nitrogen and oxygen atoms in total. The Labute approximate surface area is 188 Å². The third-order valence-corrected chi connectivity index (χ3v) is 10.5. The van der Waals surface area contributed by atoms with E-state index >= 15 is 0 Å². The molecule has 0 saturated heterocycles. The Bertz CT molecular complexity index is 802. The molecule has 0 aromatic heterocycles. The van der Waals surface area contributed by atoms with E-state index < -0.39 is 13.7 Å². The van der Waals surface area contributed by atoms with E-state index in [1.54, 1.807) is 0 Å². The van der Waals surface area contributed by atoms with Crippen LogP contribution in [-0.2, 0) is 23.5 Å². The first-order chi connectivity index (χ1) is 14.3. The first kappa shape index (κ1) is 23.0. The SMILES string of the molecule is C=C1C[C@]23CC1[C@H](O[Si](C)(C)C)C[C@H]2[C@]1(C)CCC[C@@](C)(C(=O)OC)C1[C@@H]3C(=O)OC. The Morgan fingerprint density at radius 1 is 1.10 bits per heavy atom. The molecule has 4 rings (SSSR count). The molecule has 1 spiro atoms. The molecule has 31 heavy (non-hydrogen) atoms. The van der Waals surface area contributed by atoms with Gasteiger partial charge in [-0.15, -0.1) is 0 Å². The van der Waals surface area contributed by atoms with Gasteiger partial charge in [-0.2, -0.15) is 0 Å². The molecule has 4 fully saturated rings. The number of fused-ring (bicyclic) bond motifs is 3. The number of methoxy groups -OCH3 is 2. The number of hydrogen-bond donors (Lipinski definition) is 0. The minimum Gasteiger partial charge on any atom is -0.469 e. The standard InChI is InChI=1S/C25H40O5Si/c1-15-13-25-14-16(15)17(30-31(6,7)8)12-18(25)23(2)10-9-11-24(3,22(27)29-5)20(23)19(25)21(26)28-4/h16-20H,1,9-14H2,2-8H3/t16?,17-,18+,19-,20?,23+,24-,25+/m1/s1. The monoisotopic (exact) mass is 448 g/mol. The molecule has 0 heterocycles. The maximum atomic E-state index is 13.4. The van der Waals surface area contributed by atoms with Crippen LogP contribution in [0.3, 0.4) is 0 Å². The van der Waals surface area contributed by atoms with Crippen LogP contribution in [0.2, 0.25) is 19.6 Å². The van der Waals surface area contributed by atoms with Gasteiger partial charge in [0.2, 0.25) is 0 Å². The minimum atomic E-state index is -1.73. The summed E-state index contributed by atoms with van der Waals surface area (Å²) in [7, 11) is 1.23. The minimum absolute atomic E-state index is 0.0872. The molecule has 4 saturated carbocycles. The lowest BCUT2D eigenvalue weighted by atomic mass is 9.53. The molecule has 4 aliphatic carbocycles. The highest BCUT2D eigenvalue weighted by atomic mass is 28.4. The molecule has 0 aromatic rings. The molecule has 0 amide bonds. The van der Waals surface area contributed by atoms with Crippen molar-refractivity contribution in [2.24, 2.45) is 39.9 Å². The van der Waals surface area contributed by atoms with Crippen LogP contribution in [0.4, 0.5) is 0 Å². The first-order valence-corrected chi connectivity index (χ1v) is 15.3. The molecule has 8 atom stereocenters. The van der Waals surface area contributed by atoms with Gasteiger partial charge in [0.05, 0.1) is 31.7 Å². The van der Waals surface area contributed by atoms with Gasteiger partial charge in [-0.1, -0.05) is 25.5 Å². The summed E-state index contributed by atoms with van der Waals surface area (Å²) in [5.74, 6) is -0.120. The highest BCUT2D eigenvalue weighted by Gasteiger charge is 2.76. The van der Waals surface area contributed by atoms with Gasteiger partial charge in [0.25, 0.3) is 0 Å². The highest BCUT2D eigenvalue weighted by molar-refractivity contribution is 6.69. The smallest absolute Gasteiger partial charge is 0.311 e. The molecule has 4 aliphatic rings. The van der Waals surface area contributed by atoms with Crippen LogP contribution < -0.4 is 0 Å². The van der Waals surface area contributed by atoms with Crippen molar-refractivity contribution in [3.8, 4) is 0 Å². The molecule has 0 aromatic carbocycles. The van der Waals surface area contributed by atoms with E-state index in [0.29, 0.717) is 11.8 Å². The molecule has 6 heteroatoms. The van der Waals surface area contributed by atoms with Crippen molar-refractivity contribution in [3.05, 3.63) is 12.2 Å². The van der Waals surface area contributed by atoms with Crippen molar-refractivity contribution in [2.45, 2.75) is 78.1 Å². The summed E-state index contributed by atoms with van der Waals surface area (Å²) in [5.41, 5.74) is 0.229. The zero-order valence-corrected chi connectivity index (χ0v) is 21.4. The summed E-state index contributed by atoms with van der Waals surface area (Å²) in [6.07, 6.45) is 5.65. The average molecular weight is 449 g/mol. The van der Waals surface area contributed by atoms with Gasteiger partial charge < -0.3 is 13.9 Å². The van der Waals surface area contributed by atoms with Crippen LogP contribution in [-0.4, -0.2) is 40.6 Å². The largest absolute Gasteiger partial charge is 0.469 e. The van der Waals surface area contributed by atoms with Gasteiger partial charge in [-0.05, 0) is 81.3 Å². The van der Waals surface area contributed by atoms with Crippen molar-refractivity contribution < 1.29 is 23.5 Å². The van der Waals surface area contributed by atoms with E-state index in [4.69, 9.17) is 13.9 Å². The number of carbonyl (C=O) groups is 2. The number of esters is 2. The van der Waals surface area contributed by atoms with Gasteiger partial charge in [-0.25, -0.2) is 0 Å². The molecule has 2 bridgehead atoms. The van der Waals surface area contributed by atoms with Crippen LogP contribution in [0.15, 0.2) is 12.2 Å². The quantitative estimate of drug-likeness (QED) is 0.345. The summed E-state index contributed by atoms with van der Waals surface area (Å²) in [6, 6.07) is 0. The van der Waals surface area contributed by atoms with Crippen LogP contribution in [0.1, 0.15) is 52.4 Å². The van der Waals surface area contributed by atoms with Gasteiger partial charge >= 0.3 is 11.9 Å². The second-order valence-corrected chi connectivity index (χ2v) is 16.6. The third-order valence-electron chi connectivity index (χ3n) is 9.46. The third kappa shape index (κ3) is 3.11. The Kier molecular flexibility index (Phi) is 5.33. The average Bonchev–Trinajstić information content (AvgIpc) is 3.09. The number of rotatable bonds is 4. The molecular weight excluding hydrogens is 408 g/mol. The van der Waals surface area contributed by atoms with Gasteiger partial charge in [-0.3, -0.25) is 9.59 Å². The zero-order chi connectivity index (χ0) is 23.0. The predicted molar refractivity (Wildman–Crippen MR) is 122 cm³/mol. The predicted octanol–water partition coefficient (Wildman–Crippen LogP) is 4.97. The van der Waals surface area contributed by atoms with Crippen LogP contribution in [0.5, 0.6) is 0 Å². The summed E-state index contributed by atoms with van der Waals surface area (Å²) in [5, 5.41) is 0. The summed E-state index contributed by atoms with van der Waals surface area (Å²) < 4.78 is 17.5. The fourth-order valence-electron chi connectivity index (χ4n) is 8.74. The van der Waals surface area contributed by atoms with E-state index in [1.807, 2.05) is 6.92 Å². The lowest BCUT2D eigenvalue weighted by molar-refractivity contribution is -0.170. The molecule has 174 valence electrons. The molecule has 0 N–H and O–H groups in total. The summed E-state index contributed by atoms with van der Waals surface area (Å²) in [6.45, 7) is 15.6. The Balaban J connectivity index is 1.87. The topological polar surface area (TPSA) is 61.8 Å². The highest BCUT2D eigenvalue weighted by Crippen LogP contribution is 2.78. The normalized spacial score (nSPS) is 46.3. The molecule has 0 aliphatic heterocycles. The van der Waals surface area contributed by atoms with E-state index in [-0.39, 0.29) is 40.7 Å². The Morgan fingerprint density at radius 3 is 2.35 bits per heavy atom. The lowest BCUT2D eigenvalue weighted by Crippen LogP contribution is -2.51. The fraction of sp³-hybridized carbons (Fsp3) is 0.840. The second kappa shape index (κ2) is 7.18.